The van der Waals surface area contributed by atoms with E-state index in [1.165, 1.54) is 0 Å². The molecule has 5 aromatic heterocycles. The minimum absolute atomic E-state index is 0.429. The zero-order chi connectivity index (χ0) is 17.5. The Labute approximate surface area is 152 Å². The second kappa shape index (κ2) is 5.82. The van der Waals surface area contributed by atoms with Crippen LogP contribution in [-0.4, -0.2) is 29.3 Å². The summed E-state index contributed by atoms with van der Waals surface area (Å²) in [5.41, 5.74) is 3.86. The van der Waals surface area contributed by atoms with Crippen molar-refractivity contribution in [3.05, 3.63) is 48.5 Å². The van der Waals surface area contributed by atoms with E-state index in [1.807, 2.05) is 42.4 Å². The largest absolute Gasteiger partial charge is 0.346 e. The van der Waals surface area contributed by atoms with Crippen molar-refractivity contribution in [3.63, 3.8) is 0 Å². The summed E-state index contributed by atoms with van der Waals surface area (Å²) in [6.45, 7) is 0.573. The van der Waals surface area contributed by atoms with Gasteiger partial charge in [-0.05, 0) is 12.1 Å². The molecule has 0 fully saturated rings. The maximum absolute atomic E-state index is 8.81. The number of hydrogen-bond donors (Lipinski definition) is 1. The molecule has 26 heavy (non-hydrogen) atoms. The van der Waals surface area contributed by atoms with E-state index in [-0.39, 0.29) is 0 Å². The Morgan fingerprint density at radius 1 is 1.27 bits per heavy atom. The Hall–Kier alpha value is -3.44. The Balaban J connectivity index is 1.81. The van der Waals surface area contributed by atoms with Crippen molar-refractivity contribution >= 4 is 33.3 Å². The molecule has 126 valence electrons. The van der Waals surface area contributed by atoms with Gasteiger partial charge < -0.3 is 9.55 Å². The minimum atomic E-state index is 0.429. The number of fused-ring (bicyclic) bond motifs is 3. The van der Waals surface area contributed by atoms with Crippen LogP contribution in [0.1, 0.15) is 6.42 Å². The van der Waals surface area contributed by atoms with Gasteiger partial charge in [0.15, 0.2) is 0 Å². The SMILES string of the molecule is N#CCCn1cc(-n2c(-c3nccs3)cc3cnc4[nH]ccc4c32)cn1. The highest BCUT2D eigenvalue weighted by atomic mass is 32.1. The number of aromatic nitrogens is 6. The fourth-order valence-electron chi connectivity index (χ4n) is 3.23. The standard InChI is InChI=1S/C18H13N7S/c19-3-1-6-24-11-13(10-23-24)25-15(18-21-5-7-26-18)8-12-9-22-17-14(16(12)25)2-4-20-17/h2,4-5,7-11H,1,6H2,(H,20,22). The Morgan fingerprint density at radius 2 is 2.23 bits per heavy atom. The number of rotatable bonds is 4. The molecule has 5 aromatic rings. The van der Waals surface area contributed by atoms with Gasteiger partial charge in [-0.3, -0.25) is 4.68 Å². The van der Waals surface area contributed by atoms with Crippen LogP contribution in [0.25, 0.3) is 38.3 Å². The highest BCUT2D eigenvalue weighted by Crippen LogP contribution is 2.35. The third kappa shape index (κ3) is 2.22. The van der Waals surface area contributed by atoms with Gasteiger partial charge in [-0.25, -0.2) is 9.97 Å². The molecule has 1 N–H and O–H groups in total. The third-order valence-corrected chi connectivity index (χ3v) is 5.12. The lowest BCUT2D eigenvalue weighted by molar-refractivity contribution is 0.627. The van der Waals surface area contributed by atoms with E-state index in [0.717, 1.165) is 38.3 Å². The van der Waals surface area contributed by atoms with Gasteiger partial charge in [-0.2, -0.15) is 10.4 Å². The lowest BCUT2D eigenvalue weighted by Gasteiger charge is -2.07. The van der Waals surface area contributed by atoms with E-state index in [9.17, 15) is 0 Å². The van der Waals surface area contributed by atoms with E-state index < -0.39 is 0 Å². The summed E-state index contributed by atoms with van der Waals surface area (Å²) in [5.74, 6) is 0. The Kier molecular flexibility index (Phi) is 3.33. The summed E-state index contributed by atoms with van der Waals surface area (Å²) in [4.78, 5) is 12.2. The first-order valence-corrected chi connectivity index (χ1v) is 9.00. The van der Waals surface area contributed by atoms with Crippen LogP contribution >= 0.6 is 11.3 Å². The first-order chi connectivity index (χ1) is 12.8. The molecule has 0 unspecified atom stereocenters. The highest BCUT2D eigenvalue weighted by molar-refractivity contribution is 7.13. The molecule has 0 aliphatic carbocycles. The van der Waals surface area contributed by atoms with Gasteiger partial charge in [-0.1, -0.05) is 0 Å². The fraction of sp³-hybridized carbons (Fsp3) is 0.111. The molecule has 5 rings (SSSR count). The average molecular weight is 359 g/mol. The van der Waals surface area contributed by atoms with Crippen LogP contribution in [0, 0.1) is 11.3 Å². The van der Waals surface area contributed by atoms with Crippen LogP contribution in [-0.2, 0) is 6.54 Å². The summed E-state index contributed by atoms with van der Waals surface area (Å²) in [6.07, 6.45) is 9.80. The van der Waals surface area contributed by atoms with Crippen molar-refractivity contribution < 1.29 is 0 Å². The second-order valence-corrected chi connectivity index (χ2v) is 6.77. The lowest BCUT2D eigenvalue weighted by Crippen LogP contribution is -1.98. The van der Waals surface area contributed by atoms with Gasteiger partial charge in [0.2, 0.25) is 0 Å². The predicted octanol–water partition coefficient (Wildman–Crippen LogP) is 3.74. The average Bonchev–Trinajstić information content (AvgIpc) is 3.44. The zero-order valence-electron chi connectivity index (χ0n) is 13.6. The van der Waals surface area contributed by atoms with Crippen LogP contribution in [0.2, 0.25) is 0 Å². The van der Waals surface area contributed by atoms with Crippen molar-refractivity contribution in [2.75, 3.05) is 0 Å². The third-order valence-electron chi connectivity index (χ3n) is 4.33. The molecule has 0 aliphatic rings. The van der Waals surface area contributed by atoms with E-state index in [1.54, 1.807) is 16.0 Å². The van der Waals surface area contributed by atoms with Crippen LogP contribution in [0.4, 0.5) is 0 Å². The van der Waals surface area contributed by atoms with Gasteiger partial charge in [-0.15, -0.1) is 11.3 Å². The molecule has 0 bridgehead atoms. The molecular formula is C18H13N7S. The smallest absolute Gasteiger partial charge is 0.140 e. The quantitative estimate of drug-likeness (QED) is 0.529. The summed E-state index contributed by atoms with van der Waals surface area (Å²) < 4.78 is 3.97. The van der Waals surface area contributed by atoms with E-state index in [0.29, 0.717) is 13.0 Å². The van der Waals surface area contributed by atoms with Crippen molar-refractivity contribution in [1.82, 2.24) is 29.3 Å². The number of hydrogen-bond acceptors (Lipinski definition) is 5. The Bertz CT molecular complexity index is 1250. The van der Waals surface area contributed by atoms with Crippen molar-refractivity contribution in [3.8, 4) is 22.5 Å². The number of aromatic amines is 1. The number of pyridine rings is 1. The molecule has 0 saturated heterocycles. The summed E-state index contributed by atoms with van der Waals surface area (Å²) in [5, 5.41) is 18.2. The Morgan fingerprint density at radius 3 is 3.08 bits per heavy atom. The molecule has 0 saturated carbocycles. The lowest BCUT2D eigenvalue weighted by atomic mass is 10.2. The number of thiazole rings is 1. The molecule has 0 aliphatic heterocycles. The van der Waals surface area contributed by atoms with Crippen LogP contribution in [0.5, 0.6) is 0 Å². The molecule has 0 atom stereocenters. The van der Waals surface area contributed by atoms with Crippen molar-refractivity contribution in [2.24, 2.45) is 0 Å². The van der Waals surface area contributed by atoms with Gasteiger partial charge in [0.1, 0.15) is 10.7 Å². The number of nitrogens with one attached hydrogen (secondary N) is 1. The van der Waals surface area contributed by atoms with Gasteiger partial charge in [0, 0.05) is 40.9 Å². The van der Waals surface area contributed by atoms with E-state index >= 15 is 0 Å². The monoisotopic (exact) mass is 359 g/mol. The normalized spacial score (nSPS) is 11.3. The van der Waals surface area contributed by atoms with E-state index in [4.69, 9.17) is 5.26 Å². The first kappa shape index (κ1) is 14.9. The number of H-pyrrole nitrogens is 1. The summed E-state index contributed by atoms with van der Waals surface area (Å²) in [7, 11) is 0. The first-order valence-electron chi connectivity index (χ1n) is 8.12. The predicted molar refractivity (Wildman–Crippen MR) is 100 cm³/mol. The zero-order valence-corrected chi connectivity index (χ0v) is 14.4. The summed E-state index contributed by atoms with van der Waals surface area (Å²) >= 11 is 1.60. The van der Waals surface area contributed by atoms with Crippen LogP contribution in [0.3, 0.4) is 0 Å². The van der Waals surface area contributed by atoms with Crippen molar-refractivity contribution in [2.45, 2.75) is 13.0 Å². The number of nitriles is 1. The summed E-state index contributed by atoms with van der Waals surface area (Å²) in [6, 6.07) is 6.30. The minimum Gasteiger partial charge on any atom is -0.346 e. The van der Waals surface area contributed by atoms with E-state index in [2.05, 4.69) is 36.8 Å². The number of nitrogens with zero attached hydrogens (tertiary/aromatic N) is 6. The number of aryl methyl sites for hydroxylation is 1. The fourth-order valence-corrected chi connectivity index (χ4v) is 3.87. The van der Waals surface area contributed by atoms with Gasteiger partial charge in [0.05, 0.1) is 42.1 Å². The molecule has 0 radical (unpaired) electrons. The molecule has 5 heterocycles. The highest BCUT2D eigenvalue weighted by Gasteiger charge is 2.18. The van der Waals surface area contributed by atoms with Crippen LogP contribution < -0.4 is 0 Å². The second-order valence-electron chi connectivity index (χ2n) is 5.87. The molecule has 7 nitrogen and oxygen atoms in total. The molecule has 0 aromatic carbocycles. The van der Waals surface area contributed by atoms with Gasteiger partial charge in [0.25, 0.3) is 0 Å². The van der Waals surface area contributed by atoms with Gasteiger partial charge >= 0.3 is 0 Å². The maximum atomic E-state index is 8.81. The van der Waals surface area contributed by atoms with Crippen LogP contribution in [0.15, 0.2) is 48.5 Å². The van der Waals surface area contributed by atoms with Crippen molar-refractivity contribution in [1.29, 1.82) is 5.26 Å². The molecular weight excluding hydrogens is 346 g/mol. The topological polar surface area (TPSA) is 88.1 Å². The molecule has 0 amide bonds. The maximum Gasteiger partial charge on any atom is 0.140 e. The molecule has 8 heteroatoms. The molecule has 0 spiro atoms.